The molecule has 1 aromatic rings. The quantitative estimate of drug-likeness (QED) is 0.288. The van der Waals surface area contributed by atoms with Gasteiger partial charge in [-0.15, -0.1) is 0 Å². The molecule has 119 valence electrons. The molecule has 0 atom stereocenters. The van der Waals surface area contributed by atoms with Crippen molar-refractivity contribution in [1.82, 2.24) is 5.32 Å². The molecule has 0 saturated carbocycles. The Hall–Kier alpha value is -2.77. The van der Waals surface area contributed by atoms with Crippen LogP contribution in [0.15, 0.2) is 6.20 Å². The van der Waals surface area contributed by atoms with Gasteiger partial charge in [0.25, 0.3) is 0 Å². The number of esters is 1. The molecule has 1 aromatic carbocycles. The highest BCUT2D eigenvalue weighted by molar-refractivity contribution is 6.03. The van der Waals surface area contributed by atoms with Gasteiger partial charge < -0.3 is 19.5 Å². The van der Waals surface area contributed by atoms with Gasteiger partial charge in [-0.05, 0) is 19.9 Å². The van der Waals surface area contributed by atoms with Gasteiger partial charge in [0.1, 0.15) is 5.75 Å². The summed E-state index contributed by atoms with van der Waals surface area (Å²) in [6.45, 7) is 4.30. The Morgan fingerprint density at radius 2 is 1.87 bits per heavy atom. The Kier molecular flexibility index (Phi) is 5.95. The lowest BCUT2D eigenvalue weighted by atomic mass is 9.97. The Morgan fingerprint density at radius 3 is 2.43 bits per heavy atom. The van der Waals surface area contributed by atoms with Gasteiger partial charge in [0, 0.05) is 32.7 Å². The lowest BCUT2D eigenvalue weighted by molar-refractivity contribution is -0.132. The second-order valence-electron chi connectivity index (χ2n) is 4.58. The van der Waals surface area contributed by atoms with E-state index >= 15 is 0 Å². The lowest BCUT2D eigenvalue weighted by Crippen LogP contribution is -2.09. The lowest BCUT2D eigenvalue weighted by Gasteiger charge is -2.15. The topological polar surface area (TPSA) is 90.9 Å². The van der Waals surface area contributed by atoms with Crippen molar-refractivity contribution in [3.8, 4) is 17.2 Å². The van der Waals surface area contributed by atoms with E-state index in [4.69, 9.17) is 14.2 Å². The minimum absolute atomic E-state index is 0. The Morgan fingerprint density at radius 1 is 1.22 bits per heavy atom. The number of Topliss-reactive ketones (excluding diaryl/α,β-unsaturated/α-hetero) is 1. The molecule has 0 fully saturated rings. The van der Waals surface area contributed by atoms with Gasteiger partial charge in [0.15, 0.2) is 17.3 Å². The van der Waals surface area contributed by atoms with E-state index < -0.39 is 5.97 Å². The summed E-state index contributed by atoms with van der Waals surface area (Å²) in [5, 5.41) is 2.35. The molecule has 0 spiro atoms. The van der Waals surface area contributed by atoms with Crippen molar-refractivity contribution in [2.75, 3.05) is 6.79 Å². The third-order valence-electron chi connectivity index (χ3n) is 3.05. The minimum Gasteiger partial charge on any atom is -0.453 e. The third-order valence-corrected chi connectivity index (χ3v) is 3.05. The summed E-state index contributed by atoms with van der Waals surface area (Å²) in [5.41, 5.74) is 1.12. The van der Waals surface area contributed by atoms with Gasteiger partial charge in [-0.2, -0.15) is 0 Å². The van der Waals surface area contributed by atoms with E-state index in [1.54, 1.807) is 6.92 Å². The number of rotatable bonds is 5. The molecule has 1 heterocycles. The average Bonchev–Trinajstić information content (AvgIpc) is 2.91. The number of fused-ring (bicyclic) bond motifs is 1. The molecule has 2 rings (SSSR count). The molecule has 1 aliphatic rings. The van der Waals surface area contributed by atoms with Crippen molar-refractivity contribution < 1.29 is 28.6 Å². The first-order chi connectivity index (χ1) is 10.5. The number of carbonyl (C=O) groups is 3. The van der Waals surface area contributed by atoms with Crippen LogP contribution in [0.2, 0.25) is 0 Å². The van der Waals surface area contributed by atoms with Crippen LogP contribution in [0, 0.1) is 6.92 Å². The SMILES string of the molecule is CC(=O)Oc1c(C)c2c(c(C(C)=O)c1/C=C/NC=O)OCO2.[B]. The Balaban J connectivity index is 0.00000264. The van der Waals surface area contributed by atoms with Gasteiger partial charge in [-0.1, -0.05) is 0 Å². The third kappa shape index (κ3) is 3.53. The molecule has 23 heavy (non-hydrogen) atoms. The predicted octanol–water partition coefficient (Wildman–Crippen LogP) is 1.19. The molecule has 1 amide bonds. The molecule has 0 unspecified atom stereocenters. The fourth-order valence-electron chi connectivity index (χ4n) is 2.24. The summed E-state index contributed by atoms with van der Waals surface area (Å²) >= 11 is 0. The van der Waals surface area contributed by atoms with Gasteiger partial charge in [-0.3, -0.25) is 14.4 Å². The number of ketones is 1. The summed E-state index contributed by atoms with van der Waals surface area (Å²) < 4.78 is 16.0. The van der Waals surface area contributed by atoms with Crippen molar-refractivity contribution in [3.63, 3.8) is 0 Å². The van der Waals surface area contributed by atoms with Crippen molar-refractivity contribution in [1.29, 1.82) is 0 Å². The van der Waals surface area contributed by atoms with Crippen molar-refractivity contribution in [3.05, 3.63) is 22.9 Å². The van der Waals surface area contributed by atoms with E-state index in [0.29, 0.717) is 29.0 Å². The van der Waals surface area contributed by atoms with Gasteiger partial charge >= 0.3 is 5.97 Å². The Labute approximate surface area is 135 Å². The molecule has 0 aromatic heterocycles. The van der Waals surface area contributed by atoms with Crippen LogP contribution in [-0.4, -0.2) is 33.4 Å². The number of amides is 1. The van der Waals surface area contributed by atoms with E-state index in [2.05, 4.69) is 5.32 Å². The summed E-state index contributed by atoms with van der Waals surface area (Å²) in [6.07, 6.45) is 3.29. The molecule has 8 heteroatoms. The standard InChI is InChI=1S/C15H15NO6.B/c1-8-13(22-10(3)19)11(4-5-16-6-17)12(9(2)18)15-14(8)20-7-21-15;/h4-6H,7H2,1-3H3,(H,16,17);/b5-4+;. The van der Waals surface area contributed by atoms with Crippen LogP contribution in [-0.2, 0) is 9.59 Å². The highest BCUT2D eigenvalue weighted by Gasteiger charge is 2.30. The number of ether oxygens (including phenoxy) is 3. The van der Waals surface area contributed by atoms with E-state index in [0.717, 1.165) is 0 Å². The zero-order chi connectivity index (χ0) is 16.3. The normalized spacial score (nSPS) is 11.8. The molecule has 3 radical (unpaired) electrons. The first kappa shape index (κ1) is 18.3. The number of nitrogens with one attached hydrogen (secondary N) is 1. The van der Waals surface area contributed by atoms with Gasteiger partial charge in [0.05, 0.1) is 5.56 Å². The van der Waals surface area contributed by atoms with Crippen LogP contribution in [0.4, 0.5) is 0 Å². The smallest absolute Gasteiger partial charge is 0.308 e. The zero-order valence-corrected chi connectivity index (χ0v) is 13.0. The molecular formula is C15H15BNO6. The maximum Gasteiger partial charge on any atom is 0.308 e. The first-order valence-electron chi connectivity index (χ1n) is 6.49. The maximum atomic E-state index is 12.0. The number of benzene rings is 1. The summed E-state index contributed by atoms with van der Waals surface area (Å²) in [5.74, 6) is 0.0786. The highest BCUT2D eigenvalue weighted by atomic mass is 16.7. The van der Waals surface area contributed by atoms with Crippen molar-refractivity contribution in [2.24, 2.45) is 0 Å². The van der Waals surface area contributed by atoms with E-state index in [-0.39, 0.29) is 32.3 Å². The van der Waals surface area contributed by atoms with Crippen LogP contribution < -0.4 is 19.5 Å². The minimum atomic E-state index is -0.533. The second kappa shape index (κ2) is 7.48. The number of hydrogen-bond donors (Lipinski definition) is 1. The second-order valence-corrected chi connectivity index (χ2v) is 4.58. The zero-order valence-electron chi connectivity index (χ0n) is 13.0. The van der Waals surface area contributed by atoms with E-state index in [1.807, 2.05) is 0 Å². The fourth-order valence-corrected chi connectivity index (χ4v) is 2.24. The summed E-state index contributed by atoms with van der Waals surface area (Å²) in [7, 11) is 0. The number of carbonyl (C=O) groups excluding carboxylic acids is 3. The van der Waals surface area contributed by atoms with Crippen LogP contribution in [0.5, 0.6) is 17.2 Å². The average molecular weight is 316 g/mol. The summed E-state index contributed by atoms with van der Waals surface area (Å²) in [6, 6.07) is 0. The van der Waals surface area contributed by atoms with Crippen molar-refractivity contribution >= 4 is 32.7 Å². The van der Waals surface area contributed by atoms with Crippen LogP contribution >= 0.6 is 0 Å². The molecule has 1 aliphatic heterocycles. The predicted molar refractivity (Wildman–Crippen MR) is 82.6 cm³/mol. The summed E-state index contributed by atoms with van der Waals surface area (Å²) in [4.78, 5) is 33.7. The van der Waals surface area contributed by atoms with Gasteiger partial charge in [0.2, 0.25) is 13.2 Å². The molecule has 0 saturated heterocycles. The van der Waals surface area contributed by atoms with E-state index in [9.17, 15) is 14.4 Å². The van der Waals surface area contributed by atoms with Crippen molar-refractivity contribution in [2.45, 2.75) is 20.8 Å². The fraction of sp³-hybridized carbons (Fsp3) is 0.267. The molecule has 0 bridgehead atoms. The molecule has 1 N–H and O–H groups in total. The molecule has 7 nitrogen and oxygen atoms in total. The monoisotopic (exact) mass is 316 g/mol. The van der Waals surface area contributed by atoms with Gasteiger partial charge in [-0.25, -0.2) is 0 Å². The molecular weight excluding hydrogens is 301 g/mol. The molecule has 0 aliphatic carbocycles. The largest absolute Gasteiger partial charge is 0.453 e. The van der Waals surface area contributed by atoms with Crippen LogP contribution in [0.3, 0.4) is 0 Å². The Bertz CT molecular complexity index is 683. The maximum absolute atomic E-state index is 12.0. The first-order valence-corrected chi connectivity index (χ1v) is 6.49. The highest BCUT2D eigenvalue weighted by Crippen LogP contribution is 2.47. The number of hydrogen-bond acceptors (Lipinski definition) is 6. The van der Waals surface area contributed by atoms with Crippen LogP contribution in [0.1, 0.15) is 35.3 Å². The van der Waals surface area contributed by atoms with E-state index in [1.165, 1.54) is 26.1 Å². The van der Waals surface area contributed by atoms with Crippen LogP contribution in [0.25, 0.3) is 6.08 Å².